The van der Waals surface area contributed by atoms with Crippen molar-refractivity contribution in [2.45, 2.75) is 11.3 Å². The largest absolute Gasteiger partial charge is 0.496 e. The van der Waals surface area contributed by atoms with Crippen molar-refractivity contribution in [2.75, 3.05) is 53.4 Å². The zero-order chi connectivity index (χ0) is 16.9. The number of quaternary nitrogens is 2. The maximum absolute atomic E-state index is 12.3. The van der Waals surface area contributed by atoms with Crippen LogP contribution in [0.5, 0.6) is 5.75 Å². The van der Waals surface area contributed by atoms with Crippen LogP contribution in [0.1, 0.15) is 6.42 Å². The predicted molar refractivity (Wildman–Crippen MR) is 92.7 cm³/mol. The Balaban J connectivity index is 1.81. The molecule has 130 valence electrons. The Bertz CT molecular complexity index is 616. The molecule has 0 spiro atoms. The summed E-state index contributed by atoms with van der Waals surface area (Å²) in [6.07, 6.45) is 0.852. The fourth-order valence-corrected chi connectivity index (χ4v) is 4.51. The Morgan fingerprint density at radius 3 is 2.57 bits per heavy atom. The highest BCUT2D eigenvalue weighted by Crippen LogP contribution is 2.27. The van der Waals surface area contributed by atoms with Crippen LogP contribution in [0.15, 0.2) is 27.6 Å². The molecule has 0 atom stereocenters. The monoisotopic (exact) mass is 407 g/mol. The van der Waals surface area contributed by atoms with Crippen LogP contribution in [0.25, 0.3) is 0 Å². The van der Waals surface area contributed by atoms with Crippen LogP contribution in [-0.4, -0.2) is 61.8 Å². The van der Waals surface area contributed by atoms with E-state index in [-0.39, 0.29) is 4.90 Å². The van der Waals surface area contributed by atoms with Gasteiger partial charge >= 0.3 is 0 Å². The Morgan fingerprint density at radius 2 is 1.96 bits per heavy atom. The maximum Gasteiger partial charge on any atom is 0.240 e. The first-order valence-corrected chi connectivity index (χ1v) is 10.2. The molecule has 0 radical (unpaired) electrons. The lowest BCUT2D eigenvalue weighted by atomic mass is 10.3. The summed E-state index contributed by atoms with van der Waals surface area (Å²) in [5.74, 6) is 0.616. The third-order valence-electron chi connectivity index (χ3n) is 4.24. The summed E-state index contributed by atoms with van der Waals surface area (Å²) < 4.78 is 33.0. The fraction of sp³-hybridized carbons (Fsp3) is 0.600. The first kappa shape index (κ1) is 18.7. The summed E-state index contributed by atoms with van der Waals surface area (Å²) >= 11 is 3.32. The smallest absolute Gasteiger partial charge is 0.240 e. The van der Waals surface area contributed by atoms with E-state index in [2.05, 4.69) is 27.7 Å². The maximum atomic E-state index is 12.3. The average molecular weight is 408 g/mol. The molecule has 1 saturated heterocycles. The number of sulfonamides is 1. The number of piperazine rings is 1. The SMILES string of the molecule is COc1ccc(S(=O)(=O)NCCC[NH+]2CC[NH+](C)CC2)cc1Br. The van der Waals surface area contributed by atoms with Gasteiger partial charge < -0.3 is 14.5 Å². The molecule has 0 aromatic heterocycles. The zero-order valence-electron chi connectivity index (χ0n) is 13.7. The zero-order valence-corrected chi connectivity index (χ0v) is 16.1. The van der Waals surface area contributed by atoms with Crippen LogP contribution in [0.3, 0.4) is 0 Å². The third-order valence-corrected chi connectivity index (χ3v) is 6.32. The van der Waals surface area contributed by atoms with Crippen molar-refractivity contribution in [1.82, 2.24) is 4.72 Å². The molecule has 0 unspecified atom stereocenters. The van der Waals surface area contributed by atoms with Gasteiger partial charge in [0.05, 0.1) is 30.1 Å². The highest BCUT2D eigenvalue weighted by molar-refractivity contribution is 9.10. The minimum atomic E-state index is -3.47. The Kier molecular flexibility index (Phi) is 6.84. The van der Waals surface area contributed by atoms with Gasteiger partial charge in [0.1, 0.15) is 31.9 Å². The molecule has 3 N–H and O–H groups in total. The lowest BCUT2D eigenvalue weighted by Gasteiger charge is -2.27. The molecule has 8 heteroatoms. The Labute approximate surface area is 147 Å². The Morgan fingerprint density at radius 1 is 1.26 bits per heavy atom. The summed E-state index contributed by atoms with van der Waals surface area (Å²) in [7, 11) is 0.302. The normalized spacial score (nSPS) is 22.0. The molecule has 1 heterocycles. The highest BCUT2D eigenvalue weighted by Gasteiger charge is 2.20. The second kappa shape index (κ2) is 8.43. The van der Waals surface area contributed by atoms with E-state index < -0.39 is 10.0 Å². The second-order valence-corrected chi connectivity index (χ2v) is 8.63. The van der Waals surface area contributed by atoms with Crippen molar-refractivity contribution in [1.29, 1.82) is 0 Å². The molecule has 23 heavy (non-hydrogen) atoms. The summed E-state index contributed by atoms with van der Waals surface area (Å²) in [6, 6.07) is 4.77. The van der Waals surface area contributed by atoms with E-state index in [1.807, 2.05) is 0 Å². The summed E-state index contributed by atoms with van der Waals surface area (Å²) in [6.45, 7) is 6.22. The van der Waals surface area contributed by atoms with Crippen molar-refractivity contribution >= 4 is 26.0 Å². The molecule has 6 nitrogen and oxygen atoms in total. The van der Waals surface area contributed by atoms with Crippen LogP contribution in [0.2, 0.25) is 0 Å². The molecule has 1 aromatic carbocycles. The first-order chi connectivity index (χ1) is 10.9. The average Bonchev–Trinajstić information content (AvgIpc) is 2.53. The highest BCUT2D eigenvalue weighted by atomic mass is 79.9. The quantitative estimate of drug-likeness (QED) is 0.484. The van der Waals surface area contributed by atoms with E-state index >= 15 is 0 Å². The number of rotatable bonds is 7. The molecule has 1 aliphatic rings. The van der Waals surface area contributed by atoms with Gasteiger partial charge in [-0.05, 0) is 34.1 Å². The van der Waals surface area contributed by atoms with Crippen molar-refractivity contribution in [3.63, 3.8) is 0 Å². The van der Waals surface area contributed by atoms with Gasteiger partial charge in [-0.25, -0.2) is 13.1 Å². The van der Waals surface area contributed by atoms with E-state index in [4.69, 9.17) is 4.74 Å². The number of hydrogen-bond acceptors (Lipinski definition) is 3. The standard InChI is InChI=1S/C15H24BrN3O3S/c1-18-8-10-19(11-9-18)7-3-6-17-23(20,21)13-4-5-15(22-2)14(16)12-13/h4-5,12,17H,3,6-11H2,1-2H3/p+2. The van der Waals surface area contributed by atoms with Crippen LogP contribution in [0.4, 0.5) is 0 Å². The van der Waals surface area contributed by atoms with Gasteiger partial charge in [-0.15, -0.1) is 0 Å². The number of halogens is 1. The molecule has 1 aromatic rings. The van der Waals surface area contributed by atoms with Crippen molar-refractivity contribution in [3.05, 3.63) is 22.7 Å². The molecule has 0 aliphatic carbocycles. The number of hydrogen-bond donors (Lipinski definition) is 3. The van der Waals surface area contributed by atoms with Gasteiger partial charge in [-0.1, -0.05) is 0 Å². The van der Waals surface area contributed by atoms with Crippen LogP contribution >= 0.6 is 15.9 Å². The second-order valence-electron chi connectivity index (χ2n) is 6.00. The number of benzene rings is 1. The van der Waals surface area contributed by atoms with E-state index in [1.54, 1.807) is 35.1 Å². The molecule has 1 aliphatic heterocycles. The molecule has 1 fully saturated rings. The van der Waals surface area contributed by atoms with Crippen LogP contribution in [0, 0.1) is 0 Å². The molecular weight excluding hydrogens is 382 g/mol. The lowest BCUT2D eigenvalue weighted by Crippen LogP contribution is -3.27. The summed E-state index contributed by atoms with van der Waals surface area (Å²) in [5.41, 5.74) is 0. The Hall–Kier alpha value is -0.670. The van der Waals surface area contributed by atoms with Gasteiger partial charge in [-0.2, -0.15) is 0 Å². The third kappa shape index (κ3) is 5.42. The lowest BCUT2D eigenvalue weighted by molar-refractivity contribution is -1.00. The van der Waals surface area contributed by atoms with Gasteiger partial charge in [-0.3, -0.25) is 0 Å². The van der Waals surface area contributed by atoms with Crippen LogP contribution in [-0.2, 0) is 10.0 Å². The summed E-state index contributed by atoms with van der Waals surface area (Å²) in [4.78, 5) is 3.40. The van der Waals surface area contributed by atoms with Gasteiger partial charge in [0.25, 0.3) is 0 Å². The van der Waals surface area contributed by atoms with Gasteiger partial charge in [0.15, 0.2) is 0 Å². The van der Waals surface area contributed by atoms with Gasteiger partial charge in [0, 0.05) is 13.0 Å². The molecule has 2 rings (SSSR count). The van der Waals surface area contributed by atoms with Crippen molar-refractivity contribution in [3.8, 4) is 5.75 Å². The van der Waals surface area contributed by atoms with E-state index in [9.17, 15) is 8.42 Å². The summed E-state index contributed by atoms with van der Waals surface area (Å²) in [5, 5.41) is 0. The van der Waals surface area contributed by atoms with E-state index in [0.717, 1.165) is 13.0 Å². The van der Waals surface area contributed by atoms with Gasteiger partial charge in [0.2, 0.25) is 10.0 Å². The number of ether oxygens (including phenoxy) is 1. The fourth-order valence-electron chi connectivity index (χ4n) is 2.72. The number of methoxy groups -OCH3 is 1. The molecule has 0 amide bonds. The predicted octanol–water partition coefficient (Wildman–Crippen LogP) is -1.46. The van der Waals surface area contributed by atoms with Crippen molar-refractivity contribution in [2.24, 2.45) is 0 Å². The minimum absolute atomic E-state index is 0.251. The number of nitrogens with one attached hydrogen (secondary N) is 3. The first-order valence-electron chi connectivity index (χ1n) is 7.90. The topological polar surface area (TPSA) is 64.3 Å². The molecular formula is C15H26BrN3O3S+2. The van der Waals surface area contributed by atoms with Crippen LogP contribution < -0.4 is 19.3 Å². The molecule has 0 saturated carbocycles. The number of likely N-dealkylation sites (N-methyl/N-ethyl adjacent to an activating group) is 1. The minimum Gasteiger partial charge on any atom is -0.496 e. The van der Waals surface area contributed by atoms with E-state index in [1.165, 1.54) is 26.2 Å². The van der Waals surface area contributed by atoms with Crippen molar-refractivity contribution < 1.29 is 23.0 Å². The molecule has 0 bridgehead atoms. The van der Waals surface area contributed by atoms with E-state index in [0.29, 0.717) is 16.8 Å².